The summed E-state index contributed by atoms with van der Waals surface area (Å²) in [5.74, 6) is -0.161. The van der Waals surface area contributed by atoms with Crippen molar-refractivity contribution in [2.45, 2.75) is 19.8 Å². The molecule has 1 N–H and O–H groups in total. The second kappa shape index (κ2) is 3.77. The van der Waals surface area contributed by atoms with Crippen molar-refractivity contribution in [3.8, 4) is 0 Å². The number of carbonyl (C=O) groups excluding carboxylic acids is 1. The number of amides is 1. The lowest BCUT2D eigenvalue weighted by molar-refractivity contribution is 0.0946. The molecule has 1 fully saturated rings. The van der Waals surface area contributed by atoms with Crippen LogP contribution in [0.5, 0.6) is 0 Å². The van der Waals surface area contributed by atoms with E-state index in [-0.39, 0.29) is 16.9 Å². The first-order valence-electron chi connectivity index (χ1n) is 5.45. The van der Waals surface area contributed by atoms with E-state index in [2.05, 4.69) is 12.2 Å². The minimum absolute atomic E-state index is 0.161. The van der Waals surface area contributed by atoms with E-state index >= 15 is 0 Å². The standard InChI is InChI=1S/C12H16N2O2/c1-12(4-5-12)8-13-11(16)9-3-6-14(2)10(15)7-9/h3,6-7H,4-5,8H2,1-2H3,(H,13,16). The van der Waals surface area contributed by atoms with Gasteiger partial charge in [-0.3, -0.25) is 9.59 Å². The Morgan fingerprint density at radius 3 is 2.81 bits per heavy atom. The van der Waals surface area contributed by atoms with E-state index in [1.54, 1.807) is 19.3 Å². The summed E-state index contributed by atoms with van der Waals surface area (Å²) in [5.41, 5.74) is 0.563. The van der Waals surface area contributed by atoms with E-state index in [1.807, 2.05) is 0 Å². The molecule has 1 aromatic heterocycles. The predicted molar refractivity (Wildman–Crippen MR) is 61.4 cm³/mol. The van der Waals surface area contributed by atoms with Crippen molar-refractivity contribution in [2.75, 3.05) is 6.54 Å². The SMILES string of the molecule is Cn1ccc(C(=O)NCC2(C)CC2)cc1=O. The van der Waals surface area contributed by atoms with Crippen molar-refractivity contribution in [1.29, 1.82) is 0 Å². The number of carbonyl (C=O) groups is 1. The van der Waals surface area contributed by atoms with E-state index in [9.17, 15) is 9.59 Å². The molecule has 0 unspecified atom stereocenters. The van der Waals surface area contributed by atoms with Crippen LogP contribution in [-0.4, -0.2) is 17.0 Å². The van der Waals surface area contributed by atoms with Crippen molar-refractivity contribution in [1.82, 2.24) is 9.88 Å². The minimum atomic E-state index is -0.162. The molecule has 1 heterocycles. The fraction of sp³-hybridized carbons (Fsp3) is 0.500. The van der Waals surface area contributed by atoms with Crippen LogP contribution in [0.25, 0.3) is 0 Å². The fourth-order valence-corrected chi connectivity index (χ4v) is 1.48. The number of nitrogens with one attached hydrogen (secondary N) is 1. The molecule has 0 radical (unpaired) electrons. The molecule has 16 heavy (non-hydrogen) atoms. The molecule has 0 spiro atoms. The lowest BCUT2D eigenvalue weighted by atomic mass is 10.1. The van der Waals surface area contributed by atoms with Crippen LogP contribution in [0.15, 0.2) is 23.1 Å². The van der Waals surface area contributed by atoms with Gasteiger partial charge in [-0.25, -0.2) is 0 Å². The van der Waals surface area contributed by atoms with Gasteiger partial charge in [-0.05, 0) is 24.3 Å². The van der Waals surface area contributed by atoms with Crippen molar-refractivity contribution in [3.63, 3.8) is 0 Å². The maximum Gasteiger partial charge on any atom is 0.251 e. The number of hydrogen-bond donors (Lipinski definition) is 1. The van der Waals surface area contributed by atoms with Gasteiger partial charge in [0.1, 0.15) is 0 Å². The average Bonchev–Trinajstić information content (AvgIpc) is 2.98. The summed E-state index contributed by atoms with van der Waals surface area (Å²) in [5, 5.41) is 2.86. The zero-order chi connectivity index (χ0) is 11.8. The number of pyridine rings is 1. The first kappa shape index (κ1) is 10.9. The summed E-state index contributed by atoms with van der Waals surface area (Å²) in [6, 6.07) is 3.02. The lowest BCUT2D eigenvalue weighted by Gasteiger charge is -2.10. The van der Waals surface area contributed by atoms with Gasteiger partial charge in [0.05, 0.1) is 0 Å². The van der Waals surface area contributed by atoms with E-state index in [4.69, 9.17) is 0 Å². The molecular formula is C12H16N2O2. The Bertz CT molecular complexity index is 472. The van der Waals surface area contributed by atoms with Crippen LogP contribution >= 0.6 is 0 Å². The van der Waals surface area contributed by atoms with E-state index in [1.165, 1.54) is 23.5 Å². The van der Waals surface area contributed by atoms with E-state index < -0.39 is 0 Å². The first-order chi connectivity index (χ1) is 7.50. The zero-order valence-electron chi connectivity index (χ0n) is 9.62. The Morgan fingerprint density at radius 1 is 1.56 bits per heavy atom. The molecule has 0 saturated heterocycles. The van der Waals surface area contributed by atoms with Crippen LogP contribution in [0.2, 0.25) is 0 Å². The predicted octanol–water partition coefficient (Wildman–Crippen LogP) is 0.915. The van der Waals surface area contributed by atoms with Crippen LogP contribution in [0.3, 0.4) is 0 Å². The normalized spacial score (nSPS) is 16.9. The maximum absolute atomic E-state index is 11.7. The highest BCUT2D eigenvalue weighted by Gasteiger charge is 2.37. The monoisotopic (exact) mass is 220 g/mol. The van der Waals surface area contributed by atoms with Crippen molar-refractivity contribution < 1.29 is 4.79 Å². The van der Waals surface area contributed by atoms with Gasteiger partial charge in [0.25, 0.3) is 11.5 Å². The molecular weight excluding hydrogens is 204 g/mol. The summed E-state index contributed by atoms with van der Waals surface area (Å²) in [4.78, 5) is 23.1. The molecule has 1 aromatic rings. The molecule has 0 aromatic carbocycles. The Morgan fingerprint density at radius 2 is 2.25 bits per heavy atom. The molecule has 4 nitrogen and oxygen atoms in total. The highest BCUT2D eigenvalue weighted by Crippen LogP contribution is 2.44. The number of aromatic nitrogens is 1. The average molecular weight is 220 g/mol. The third-order valence-electron chi connectivity index (χ3n) is 3.15. The Labute approximate surface area is 94.3 Å². The van der Waals surface area contributed by atoms with Crippen LogP contribution in [-0.2, 0) is 7.05 Å². The molecule has 1 aliphatic rings. The summed E-state index contributed by atoms with van der Waals surface area (Å²) in [6.45, 7) is 2.85. The molecule has 0 aliphatic heterocycles. The number of hydrogen-bond acceptors (Lipinski definition) is 2. The Kier molecular flexibility index (Phi) is 2.58. The lowest BCUT2D eigenvalue weighted by Crippen LogP contribution is -2.30. The topological polar surface area (TPSA) is 51.1 Å². The highest BCUT2D eigenvalue weighted by molar-refractivity contribution is 5.94. The molecule has 86 valence electrons. The number of aryl methyl sites for hydroxylation is 1. The van der Waals surface area contributed by atoms with Gasteiger partial charge in [0, 0.05) is 31.4 Å². The number of rotatable bonds is 3. The molecule has 2 rings (SSSR count). The third-order valence-corrected chi connectivity index (χ3v) is 3.15. The van der Waals surface area contributed by atoms with Gasteiger partial charge in [-0.15, -0.1) is 0 Å². The molecule has 0 atom stereocenters. The van der Waals surface area contributed by atoms with Gasteiger partial charge in [0.15, 0.2) is 0 Å². The summed E-state index contributed by atoms with van der Waals surface area (Å²) in [6.07, 6.45) is 3.95. The van der Waals surface area contributed by atoms with Gasteiger partial charge >= 0.3 is 0 Å². The fourth-order valence-electron chi connectivity index (χ4n) is 1.48. The van der Waals surface area contributed by atoms with E-state index in [0.29, 0.717) is 12.1 Å². The highest BCUT2D eigenvalue weighted by atomic mass is 16.2. The summed E-state index contributed by atoms with van der Waals surface area (Å²) in [7, 11) is 1.66. The van der Waals surface area contributed by atoms with Gasteiger partial charge in [-0.1, -0.05) is 6.92 Å². The van der Waals surface area contributed by atoms with Crippen molar-refractivity contribution >= 4 is 5.91 Å². The van der Waals surface area contributed by atoms with Crippen LogP contribution in [0.4, 0.5) is 0 Å². The molecule has 1 saturated carbocycles. The maximum atomic E-state index is 11.7. The van der Waals surface area contributed by atoms with Crippen LogP contribution < -0.4 is 10.9 Å². The molecule has 1 amide bonds. The van der Waals surface area contributed by atoms with Gasteiger partial charge in [0.2, 0.25) is 0 Å². The third kappa shape index (κ3) is 2.32. The smallest absolute Gasteiger partial charge is 0.251 e. The van der Waals surface area contributed by atoms with Crippen LogP contribution in [0.1, 0.15) is 30.1 Å². The van der Waals surface area contributed by atoms with Crippen LogP contribution in [0, 0.1) is 5.41 Å². The van der Waals surface area contributed by atoms with Gasteiger partial charge in [-0.2, -0.15) is 0 Å². The molecule has 1 aliphatic carbocycles. The first-order valence-corrected chi connectivity index (χ1v) is 5.45. The molecule has 0 bridgehead atoms. The minimum Gasteiger partial charge on any atom is -0.351 e. The Balaban J connectivity index is 2.03. The quantitative estimate of drug-likeness (QED) is 0.823. The Hall–Kier alpha value is -1.58. The van der Waals surface area contributed by atoms with E-state index in [0.717, 1.165) is 0 Å². The summed E-state index contributed by atoms with van der Waals surface area (Å²) >= 11 is 0. The zero-order valence-corrected chi connectivity index (χ0v) is 9.62. The molecule has 4 heteroatoms. The van der Waals surface area contributed by atoms with Crippen molar-refractivity contribution in [2.24, 2.45) is 12.5 Å². The number of nitrogens with zero attached hydrogens (tertiary/aromatic N) is 1. The summed E-state index contributed by atoms with van der Waals surface area (Å²) < 4.78 is 1.44. The second-order valence-corrected chi connectivity index (χ2v) is 4.86. The van der Waals surface area contributed by atoms with Crippen molar-refractivity contribution in [3.05, 3.63) is 34.2 Å². The van der Waals surface area contributed by atoms with Gasteiger partial charge < -0.3 is 9.88 Å². The second-order valence-electron chi connectivity index (χ2n) is 4.86. The largest absolute Gasteiger partial charge is 0.351 e.